The van der Waals surface area contributed by atoms with Crippen molar-refractivity contribution in [2.24, 2.45) is 5.14 Å². The third kappa shape index (κ3) is 2.82. The van der Waals surface area contributed by atoms with Crippen LogP contribution in [0.15, 0.2) is 15.6 Å². The lowest BCUT2D eigenvalue weighted by atomic mass is 10.4. The molecule has 2 N–H and O–H groups in total. The lowest BCUT2D eigenvalue weighted by molar-refractivity contribution is 0.144. The van der Waals surface area contributed by atoms with Crippen LogP contribution in [0.1, 0.15) is 12.1 Å². The topological polar surface area (TPSA) is 73.1 Å². The van der Waals surface area contributed by atoms with Crippen LogP contribution in [-0.2, 0) is 10.0 Å². The number of hydrogen-bond acceptors (Lipinski definition) is 3. The largest absolute Gasteiger partial charge is 0.281 e. The molecule has 1 heterocycles. The van der Waals surface area contributed by atoms with E-state index in [0.717, 1.165) is 6.20 Å². The number of sulfonamides is 1. The third-order valence-electron chi connectivity index (χ3n) is 1.45. The fourth-order valence-corrected chi connectivity index (χ4v) is 4.49. The van der Waals surface area contributed by atoms with Gasteiger partial charge in [0.1, 0.15) is 10.6 Å². The van der Waals surface area contributed by atoms with Crippen molar-refractivity contribution >= 4 is 48.5 Å². The minimum Gasteiger partial charge on any atom is -0.253 e. The van der Waals surface area contributed by atoms with E-state index in [4.69, 9.17) is 5.14 Å². The molecule has 0 saturated carbocycles. The molecule has 0 fully saturated rings. The second kappa shape index (κ2) is 4.55. The first-order valence-corrected chi connectivity index (χ1v) is 6.81. The Morgan fingerprint density at radius 1 is 1.53 bits per heavy atom. The van der Waals surface area contributed by atoms with Crippen LogP contribution >= 0.6 is 38.5 Å². The quantitative estimate of drug-likeness (QED) is 0.755. The Labute approximate surface area is 107 Å². The van der Waals surface area contributed by atoms with Crippen LogP contribution in [-0.4, -0.2) is 13.4 Å². The van der Waals surface area contributed by atoms with Crippen LogP contribution in [0.2, 0.25) is 0 Å². The van der Waals surface area contributed by atoms with Gasteiger partial charge in [0.2, 0.25) is 10.0 Å². The SMILES string of the molecule is NS(=O)(=O)c1c(Br)cnc(C(F)F)c1I. The average Bonchev–Trinajstić information content (AvgIpc) is 2.00. The Morgan fingerprint density at radius 2 is 2.07 bits per heavy atom. The number of nitrogens with zero attached hydrogens (tertiary/aromatic N) is 1. The van der Waals surface area contributed by atoms with Crippen molar-refractivity contribution in [3.63, 3.8) is 0 Å². The van der Waals surface area contributed by atoms with E-state index in [1.165, 1.54) is 22.6 Å². The lowest BCUT2D eigenvalue weighted by Gasteiger charge is -2.08. The van der Waals surface area contributed by atoms with Crippen LogP contribution in [0.25, 0.3) is 0 Å². The zero-order chi connectivity index (χ0) is 11.8. The summed E-state index contributed by atoms with van der Waals surface area (Å²) in [7, 11) is -4.05. The molecule has 0 aromatic carbocycles. The maximum Gasteiger partial charge on any atom is 0.281 e. The summed E-state index contributed by atoms with van der Waals surface area (Å²) in [6, 6.07) is 0. The molecule has 0 bridgehead atoms. The Bertz CT molecular complexity index is 494. The molecule has 0 unspecified atom stereocenters. The maximum absolute atomic E-state index is 12.4. The van der Waals surface area contributed by atoms with Crippen LogP contribution in [0, 0.1) is 3.57 Å². The van der Waals surface area contributed by atoms with Gasteiger partial charge in [-0.15, -0.1) is 0 Å². The fourth-order valence-electron chi connectivity index (χ4n) is 0.876. The Kier molecular flexibility index (Phi) is 4.01. The molecule has 0 spiro atoms. The summed E-state index contributed by atoms with van der Waals surface area (Å²) in [4.78, 5) is 3.06. The van der Waals surface area contributed by atoms with Crippen molar-refractivity contribution in [1.29, 1.82) is 0 Å². The summed E-state index contributed by atoms with van der Waals surface area (Å²) < 4.78 is 47.0. The third-order valence-corrected chi connectivity index (χ3v) is 4.76. The number of nitrogens with two attached hydrogens (primary N) is 1. The minimum absolute atomic E-state index is 0.0683. The Morgan fingerprint density at radius 3 is 2.47 bits per heavy atom. The van der Waals surface area contributed by atoms with E-state index in [1.807, 2.05) is 0 Å². The summed E-state index contributed by atoms with van der Waals surface area (Å²) in [6.07, 6.45) is -1.85. The number of primary sulfonamides is 1. The zero-order valence-electron chi connectivity index (χ0n) is 6.92. The molecule has 4 nitrogen and oxygen atoms in total. The monoisotopic (exact) mass is 412 g/mol. The van der Waals surface area contributed by atoms with Gasteiger partial charge in [-0.05, 0) is 38.5 Å². The maximum atomic E-state index is 12.4. The molecular weight excluding hydrogens is 409 g/mol. The number of rotatable bonds is 2. The van der Waals surface area contributed by atoms with Crippen LogP contribution in [0.3, 0.4) is 0 Å². The highest BCUT2D eigenvalue weighted by atomic mass is 127. The second-order valence-electron chi connectivity index (χ2n) is 2.48. The summed E-state index contributed by atoms with van der Waals surface area (Å²) in [5.41, 5.74) is -0.595. The van der Waals surface area contributed by atoms with Crippen molar-refractivity contribution in [2.75, 3.05) is 0 Å². The molecule has 0 aliphatic rings. The van der Waals surface area contributed by atoms with Gasteiger partial charge in [-0.25, -0.2) is 22.3 Å². The molecular formula is C6H4BrF2IN2O2S. The van der Waals surface area contributed by atoms with Crippen molar-refractivity contribution in [2.45, 2.75) is 11.3 Å². The minimum atomic E-state index is -4.05. The van der Waals surface area contributed by atoms with Crippen molar-refractivity contribution in [3.8, 4) is 0 Å². The molecule has 15 heavy (non-hydrogen) atoms. The normalized spacial score (nSPS) is 12.1. The predicted octanol–water partition coefficient (Wildman–Crippen LogP) is 2.03. The summed E-state index contributed by atoms with van der Waals surface area (Å²) in [5.74, 6) is 0. The first-order chi connectivity index (χ1) is 6.75. The Hall–Kier alpha value is 0.130. The number of aromatic nitrogens is 1. The van der Waals surface area contributed by atoms with E-state index in [1.54, 1.807) is 0 Å². The predicted molar refractivity (Wildman–Crippen MR) is 61.0 cm³/mol. The smallest absolute Gasteiger partial charge is 0.253 e. The van der Waals surface area contributed by atoms with Gasteiger partial charge in [-0.3, -0.25) is 4.98 Å². The Balaban J connectivity index is 3.59. The highest BCUT2D eigenvalue weighted by Gasteiger charge is 2.24. The van der Waals surface area contributed by atoms with E-state index < -0.39 is 22.1 Å². The molecule has 0 saturated heterocycles. The standard InChI is InChI=1S/C6H4BrF2IN2O2S/c7-2-1-12-4(6(8)9)3(10)5(2)15(11,13)14/h1,6H,(H2,11,13,14). The number of halogens is 4. The van der Waals surface area contributed by atoms with E-state index in [9.17, 15) is 17.2 Å². The highest BCUT2D eigenvalue weighted by molar-refractivity contribution is 14.1. The van der Waals surface area contributed by atoms with E-state index >= 15 is 0 Å². The summed E-state index contributed by atoms with van der Waals surface area (Å²) in [5, 5.41) is 4.89. The summed E-state index contributed by atoms with van der Waals surface area (Å²) >= 11 is 4.37. The van der Waals surface area contributed by atoms with Gasteiger partial charge >= 0.3 is 0 Å². The van der Waals surface area contributed by atoms with Crippen molar-refractivity contribution in [1.82, 2.24) is 4.98 Å². The van der Waals surface area contributed by atoms with Crippen LogP contribution in [0.5, 0.6) is 0 Å². The molecule has 0 amide bonds. The van der Waals surface area contributed by atoms with E-state index in [2.05, 4.69) is 20.9 Å². The molecule has 1 aromatic heterocycles. The van der Waals surface area contributed by atoms with Crippen molar-refractivity contribution in [3.05, 3.63) is 19.9 Å². The zero-order valence-corrected chi connectivity index (χ0v) is 11.5. The molecule has 0 aliphatic heterocycles. The first kappa shape index (κ1) is 13.2. The number of alkyl halides is 2. The van der Waals surface area contributed by atoms with Gasteiger partial charge in [0.05, 0.1) is 8.04 Å². The van der Waals surface area contributed by atoms with Gasteiger partial charge in [-0.1, -0.05) is 0 Å². The van der Waals surface area contributed by atoms with Gasteiger partial charge in [0, 0.05) is 6.20 Å². The van der Waals surface area contributed by atoms with Crippen LogP contribution < -0.4 is 5.14 Å². The van der Waals surface area contributed by atoms with Crippen molar-refractivity contribution < 1.29 is 17.2 Å². The van der Waals surface area contributed by atoms with Crippen LogP contribution in [0.4, 0.5) is 8.78 Å². The van der Waals surface area contributed by atoms with Gasteiger partial charge < -0.3 is 0 Å². The molecule has 1 rings (SSSR count). The van der Waals surface area contributed by atoms with Gasteiger partial charge in [0.25, 0.3) is 6.43 Å². The summed E-state index contributed by atoms with van der Waals surface area (Å²) in [6.45, 7) is 0. The average molecular weight is 413 g/mol. The molecule has 0 radical (unpaired) electrons. The fraction of sp³-hybridized carbons (Fsp3) is 0.167. The second-order valence-corrected chi connectivity index (χ2v) is 5.91. The molecule has 0 aliphatic carbocycles. The highest BCUT2D eigenvalue weighted by Crippen LogP contribution is 2.31. The van der Waals surface area contributed by atoms with Gasteiger partial charge in [0.15, 0.2) is 0 Å². The molecule has 0 atom stereocenters. The lowest BCUT2D eigenvalue weighted by Crippen LogP contribution is -2.16. The number of pyridine rings is 1. The molecule has 9 heteroatoms. The first-order valence-electron chi connectivity index (χ1n) is 3.40. The van der Waals surface area contributed by atoms with E-state index in [-0.39, 0.29) is 12.9 Å². The molecule has 1 aromatic rings. The van der Waals surface area contributed by atoms with Gasteiger partial charge in [-0.2, -0.15) is 0 Å². The molecule has 84 valence electrons. The number of hydrogen-bond donors (Lipinski definition) is 1. The van der Waals surface area contributed by atoms with E-state index in [0.29, 0.717) is 0 Å².